The van der Waals surface area contributed by atoms with E-state index in [-0.39, 0.29) is 36.7 Å². The van der Waals surface area contributed by atoms with Crippen LogP contribution in [0, 0.1) is 5.41 Å². The SMILES string of the molecule is CC=N/C(=C\SC)C1(C(=O)NCc2cc(C(F)(F)F)cc(C(F)(F)F)c2)CCC(=O)C1. The molecule has 0 spiro atoms. The lowest BCUT2D eigenvalue weighted by Crippen LogP contribution is -2.40. The Morgan fingerprint density at radius 1 is 1.16 bits per heavy atom. The third-order valence-corrected chi connectivity index (χ3v) is 5.31. The first-order chi connectivity index (χ1) is 14.3. The van der Waals surface area contributed by atoms with E-state index in [0.29, 0.717) is 17.8 Å². The van der Waals surface area contributed by atoms with E-state index in [1.165, 1.54) is 18.0 Å². The van der Waals surface area contributed by atoms with Gasteiger partial charge in [-0.25, -0.2) is 0 Å². The molecule has 1 aliphatic carbocycles. The Morgan fingerprint density at radius 2 is 1.74 bits per heavy atom. The lowest BCUT2D eigenvalue weighted by atomic mass is 9.82. The van der Waals surface area contributed by atoms with Crippen LogP contribution < -0.4 is 5.32 Å². The van der Waals surface area contributed by atoms with Crippen LogP contribution in [0.1, 0.15) is 42.9 Å². The number of hydrogen-bond acceptors (Lipinski definition) is 4. The summed E-state index contributed by atoms with van der Waals surface area (Å²) in [5, 5.41) is 4.01. The van der Waals surface area contributed by atoms with E-state index in [2.05, 4.69) is 10.3 Å². The molecule has 2 rings (SSSR count). The van der Waals surface area contributed by atoms with E-state index in [4.69, 9.17) is 0 Å². The third kappa shape index (κ3) is 5.90. The van der Waals surface area contributed by atoms with Crippen LogP contribution in [0.5, 0.6) is 0 Å². The quantitative estimate of drug-likeness (QED) is 0.453. The van der Waals surface area contributed by atoms with E-state index >= 15 is 0 Å². The van der Waals surface area contributed by atoms with Crippen LogP contribution >= 0.6 is 11.8 Å². The molecule has 1 aromatic rings. The van der Waals surface area contributed by atoms with E-state index < -0.39 is 41.3 Å². The van der Waals surface area contributed by atoms with Crippen molar-refractivity contribution in [3.05, 3.63) is 46.0 Å². The van der Waals surface area contributed by atoms with Gasteiger partial charge in [0.15, 0.2) is 0 Å². The maximum absolute atomic E-state index is 13.0. The van der Waals surface area contributed by atoms with E-state index in [1.54, 1.807) is 18.6 Å². The molecule has 170 valence electrons. The maximum atomic E-state index is 13.0. The number of alkyl halides is 6. The van der Waals surface area contributed by atoms with Crippen molar-refractivity contribution in [3.8, 4) is 0 Å². The van der Waals surface area contributed by atoms with Crippen molar-refractivity contribution in [1.29, 1.82) is 0 Å². The molecule has 0 saturated heterocycles. The zero-order valence-corrected chi connectivity index (χ0v) is 17.5. The topological polar surface area (TPSA) is 58.5 Å². The molecule has 1 unspecified atom stereocenters. The van der Waals surface area contributed by atoms with Crippen molar-refractivity contribution in [3.63, 3.8) is 0 Å². The molecule has 1 saturated carbocycles. The maximum Gasteiger partial charge on any atom is 0.416 e. The van der Waals surface area contributed by atoms with Crippen molar-refractivity contribution < 1.29 is 35.9 Å². The van der Waals surface area contributed by atoms with Crippen LogP contribution in [0.15, 0.2) is 34.3 Å². The lowest BCUT2D eigenvalue weighted by Gasteiger charge is -2.27. The predicted octanol–water partition coefficient (Wildman–Crippen LogP) is 5.37. The minimum Gasteiger partial charge on any atom is -0.351 e. The second kappa shape index (κ2) is 9.46. The largest absolute Gasteiger partial charge is 0.416 e. The lowest BCUT2D eigenvalue weighted by molar-refractivity contribution is -0.143. The van der Waals surface area contributed by atoms with Crippen molar-refractivity contribution in [2.45, 2.75) is 45.1 Å². The molecule has 1 aliphatic rings. The Hall–Kier alpha value is -2.30. The number of carbonyl (C=O) groups excluding carboxylic acids is 2. The van der Waals surface area contributed by atoms with Gasteiger partial charge in [-0.05, 0) is 48.8 Å². The van der Waals surface area contributed by atoms with Gasteiger partial charge in [-0.2, -0.15) is 26.3 Å². The highest BCUT2D eigenvalue weighted by Crippen LogP contribution is 2.44. The number of halogens is 6. The Bertz CT molecular complexity index is 876. The first-order valence-corrected chi connectivity index (χ1v) is 10.4. The number of benzene rings is 1. The molecule has 1 fully saturated rings. The van der Waals surface area contributed by atoms with Crippen LogP contribution in [-0.4, -0.2) is 24.2 Å². The van der Waals surface area contributed by atoms with Crippen molar-refractivity contribution in [2.24, 2.45) is 10.4 Å². The highest BCUT2D eigenvalue weighted by Gasteiger charge is 2.48. The third-order valence-electron chi connectivity index (χ3n) is 4.85. The van der Waals surface area contributed by atoms with Gasteiger partial charge >= 0.3 is 12.4 Å². The predicted molar refractivity (Wildman–Crippen MR) is 105 cm³/mol. The van der Waals surface area contributed by atoms with Gasteiger partial charge in [0.25, 0.3) is 0 Å². The van der Waals surface area contributed by atoms with Crippen LogP contribution in [0.3, 0.4) is 0 Å². The molecule has 1 atom stereocenters. The van der Waals surface area contributed by atoms with Gasteiger partial charge in [0, 0.05) is 25.6 Å². The smallest absolute Gasteiger partial charge is 0.351 e. The summed E-state index contributed by atoms with van der Waals surface area (Å²) in [6.45, 7) is 1.06. The summed E-state index contributed by atoms with van der Waals surface area (Å²) >= 11 is 1.26. The average Bonchev–Trinajstić information content (AvgIpc) is 3.07. The molecule has 0 heterocycles. The van der Waals surface area contributed by atoms with Gasteiger partial charge in [-0.15, -0.1) is 11.8 Å². The molecule has 4 nitrogen and oxygen atoms in total. The number of nitrogens with one attached hydrogen (secondary N) is 1. The van der Waals surface area contributed by atoms with Gasteiger partial charge in [0.05, 0.1) is 22.2 Å². The number of thioether (sulfide) groups is 1. The fraction of sp³-hybridized carbons (Fsp3) is 0.450. The summed E-state index contributed by atoms with van der Waals surface area (Å²) in [4.78, 5) is 29.1. The molecule has 1 aromatic carbocycles. The van der Waals surface area contributed by atoms with Gasteiger partial charge < -0.3 is 5.32 Å². The first kappa shape index (κ1) is 25.0. The van der Waals surface area contributed by atoms with E-state index in [1.807, 2.05) is 0 Å². The molecule has 31 heavy (non-hydrogen) atoms. The molecule has 0 bridgehead atoms. The zero-order chi connectivity index (χ0) is 23.4. The number of ketones is 1. The first-order valence-electron chi connectivity index (χ1n) is 9.14. The molecular weight excluding hydrogens is 446 g/mol. The molecule has 1 amide bonds. The van der Waals surface area contributed by atoms with Crippen molar-refractivity contribution in [1.82, 2.24) is 5.32 Å². The van der Waals surface area contributed by atoms with Gasteiger partial charge in [0.1, 0.15) is 5.78 Å². The monoisotopic (exact) mass is 466 g/mol. The number of nitrogens with zero attached hydrogens (tertiary/aromatic N) is 1. The summed E-state index contributed by atoms with van der Waals surface area (Å²) in [6, 6.07) is 1.15. The van der Waals surface area contributed by atoms with Gasteiger partial charge in [-0.3, -0.25) is 14.6 Å². The molecular formula is C20H20F6N2O2S. The fourth-order valence-electron chi connectivity index (χ4n) is 3.39. The number of rotatable bonds is 6. The van der Waals surface area contributed by atoms with Crippen LogP contribution in [0.25, 0.3) is 0 Å². The minimum absolute atomic E-state index is 0.0255. The Labute approximate surface area is 179 Å². The second-order valence-corrected chi connectivity index (χ2v) is 7.73. The molecule has 1 N–H and O–H groups in total. The summed E-state index contributed by atoms with van der Waals surface area (Å²) in [5.74, 6) is -0.845. The summed E-state index contributed by atoms with van der Waals surface area (Å²) in [6.07, 6.45) is -6.65. The Kier molecular flexibility index (Phi) is 7.61. The van der Waals surface area contributed by atoms with Crippen LogP contribution in [0.2, 0.25) is 0 Å². The summed E-state index contributed by atoms with van der Waals surface area (Å²) in [5.41, 5.74) is -4.27. The minimum atomic E-state index is -4.98. The standard InChI is InChI=1S/C20H20F6N2O2S/c1-3-27-16(11-31-2)18(5-4-15(29)9-18)17(30)28-10-12-6-13(19(21,22)23)8-14(7-12)20(24,25)26/h3,6-8,11H,4-5,9-10H2,1-2H3,(H,28,30)/b16-11-,27-3?. The number of carbonyl (C=O) groups is 2. The number of hydrogen-bond donors (Lipinski definition) is 1. The van der Waals surface area contributed by atoms with Gasteiger partial charge in [-0.1, -0.05) is 0 Å². The highest BCUT2D eigenvalue weighted by atomic mass is 32.2. The number of Topliss-reactive ketones (excluding diaryl/α,β-unsaturated/α-hetero) is 1. The number of amides is 1. The molecule has 11 heteroatoms. The average molecular weight is 466 g/mol. The van der Waals surface area contributed by atoms with Gasteiger partial charge in [0.2, 0.25) is 5.91 Å². The summed E-state index contributed by atoms with van der Waals surface area (Å²) < 4.78 is 78.3. The Balaban J connectivity index is 2.37. The molecule has 0 aliphatic heterocycles. The van der Waals surface area contributed by atoms with E-state index in [0.717, 1.165) is 0 Å². The second-order valence-electron chi connectivity index (χ2n) is 7.02. The van der Waals surface area contributed by atoms with Crippen molar-refractivity contribution >= 4 is 29.7 Å². The Morgan fingerprint density at radius 3 is 2.16 bits per heavy atom. The molecule has 0 aromatic heterocycles. The molecule has 0 radical (unpaired) electrons. The summed E-state index contributed by atoms with van der Waals surface area (Å²) in [7, 11) is 0. The van der Waals surface area contributed by atoms with Crippen LogP contribution in [-0.2, 0) is 28.5 Å². The fourth-order valence-corrected chi connectivity index (χ4v) is 3.90. The van der Waals surface area contributed by atoms with Crippen LogP contribution in [0.4, 0.5) is 26.3 Å². The van der Waals surface area contributed by atoms with E-state index in [9.17, 15) is 35.9 Å². The normalized spacial score (nSPS) is 20.5. The van der Waals surface area contributed by atoms with Crippen molar-refractivity contribution in [2.75, 3.05) is 6.26 Å². The number of aliphatic imine (C=N–C) groups is 1. The highest BCUT2D eigenvalue weighted by molar-refractivity contribution is 8.01. The zero-order valence-electron chi connectivity index (χ0n) is 16.7.